The normalized spacial score (nSPS) is 10.6. The van der Waals surface area contributed by atoms with Crippen LogP contribution < -0.4 is 10.1 Å². The van der Waals surface area contributed by atoms with Gasteiger partial charge in [0.1, 0.15) is 11.6 Å². The predicted octanol–water partition coefficient (Wildman–Crippen LogP) is 4.72. The van der Waals surface area contributed by atoms with E-state index < -0.39 is 11.7 Å². The zero-order valence-corrected chi connectivity index (χ0v) is 16.3. The fourth-order valence-electron chi connectivity index (χ4n) is 3.03. The van der Waals surface area contributed by atoms with Gasteiger partial charge in [0, 0.05) is 28.3 Å². The van der Waals surface area contributed by atoms with Crippen LogP contribution in [0.1, 0.15) is 21.7 Å². The van der Waals surface area contributed by atoms with Gasteiger partial charge in [-0.2, -0.15) is 0 Å². The Hall–Kier alpha value is -3.12. The number of carbonyl (C=O) groups is 2. The number of aromatic nitrogens is 1. The Morgan fingerprint density at radius 2 is 1.75 bits per heavy atom. The summed E-state index contributed by atoms with van der Waals surface area (Å²) in [6.45, 7) is 3.55. The smallest absolute Gasteiger partial charge is 0.296 e. The topological polar surface area (TPSA) is 60.3 Å². The molecule has 3 aromatic rings. The summed E-state index contributed by atoms with van der Waals surface area (Å²) >= 11 is 6.05. The van der Waals surface area contributed by atoms with Crippen LogP contribution in [0.5, 0.6) is 5.75 Å². The molecule has 0 aliphatic carbocycles. The minimum Gasteiger partial charge on any atom is -0.495 e. The molecule has 0 fully saturated rings. The molecule has 0 bridgehead atoms. The number of Topliss-reactive ketones (excluding diaryl/α,β-unsaturated/α-hetero) is 1. The van der Waals surface area contributed by atoms with Gasteiger partial charge in [-0.25, -0.2) is 4.39 Å². The standard InChI is InChI=1S/C21H18ClFN2O3/c1-12-10-17(13(2)25(12)16-7-4-14(23)5-8-16)20(26)21(27)24-15-6-9-19(28-3)18(22)11-15/h4-11H,1-3H3,(H,24,27). The molecule has 0 unspecified atom stereocenters. The predicted molar refractivity (Wildman–Crippen MR) is 106 cm³/mol. The molecule has 0 aliphatic rings. The second-order valence-electron chi connectivity index (χ2n) is 6.23. The molecule has 1 heterocycles. The van der Waals surface area contributed by atoms with Gasteiger partial charge in [0.2, 0.25) is 0 Å². The van der Waals surface area contributed by atoms with E-state index in [1.165, 1.54) is 25.3 Å². The first-order valence-electron chi connectivity index (χ1n) is 8.46. The summed E-state index contributed by atoms with van der Waals surface area (Å²) in [6, 6.07) is 12.3. The van der Waals surface area contributed by atoms with Gasteiger partial charge in [0.15, 0.2) is 0 Å². The van der Waals surface area contributed by atoms with Gasteiger partial charge in [0.05, 0.1) is 12.1 Å². The van der Waals surface area contributed by atoms with Crippen molar-refractivity contribution in [2.75, 3.05) is 12.4 Å². The molecule has 2 aromatic carbocycles. The van der Waals surface area contributed by atoms with Crippen molar-refractivity contribution in [3.8, 4) is 11.4 Å². The molecular formula is C21H18ClFN2O3. The number of rotatable bonds is 5. The fraction of sp³-hybridized carbons (Fsp3) is 0.143. The molecule has 5 nitrogen and oxygen atoms in total. The van der Waals surface area contributed by atoms with E-state index in [2.05, 4.69) is 5.32 Å². The Balaban J connectivity index is 1.86. The molecule has 0 atom stereocenters. The molecule has 0 saturated carbocycles. The average molecular weight is 401 g/mol. The minimum absolute atomic E-state index is 0.277. The van der Waals surface area contributed by atoms with Crippen LogP contribution in [0.25, 0.3) is 5.69 Å². The number of anilines is 1. The maximum atomic E-state index is 13.2. The van der Waals surface area contributed by atoms with E-state index in [1.54, 1.807) is 41.8 Å². The number of methoxy groups -OCH3 is 1. The molecule has 3 rings (SSSR count). The lowest BCUT2D eigenvalue weighted by atomic mass is 10.1. The van der Waals surface area contributed by atoms with Crippen molar-refractivity contribution in [1.82, 2.24) is 4.57 Å². The van der Waals surface area contributed by atoms with Gasteiger partial charge < -0.3 is 14.6 Å². The Labute approximate surface area is 166 Å². The first kappa shape index (κ1) is 19.6. The zero-order valence-electron chi connectivity index (χ0n) is 15.5. The molecule has 7 heteroatoms. The highest BCUT2D eigenvalue weighted by Crippen LogP contribution is 2.27. The van der Waals surface area contributed by atoms with Crippen molar-refractivity contribution < 1.29 is 18.7 Å². The lowest BCUT2D eigenvalue weighted by Crippen LogP contribution is -2.23. The molecular weight excluding hydrogens is 383 g/mol. The third-order valence-electron chi connectivity index (χ3n) is 4.38. The van der Waals surface area contributed by atoms with Gasteiger partial charge >= 0.3 is 0 Å². The van der Waals surface area contributed by atoms with Gasteiger partial charge in [-0.1, -0.05) is 11.6 Å². The number of ether oxygens (including phenoxy) is 1. The third-order valence-corrected chi connectivity index (χ3v) is 4.67. The number of hydrogen-bond donors (Lipinski definition) is 1. The maximum Gasteiger partial charge on any atom is 0.296 e. The molecule has 0 aliphatic heterocycles. The van der Waals surface area contributed by atoms with Gasteiger partial charge in [-0.3, -0.25) is 9.59 Å². The van der Waals surface area contributed by atoms with Crippen LogP contribution in [0, 0.1) is 19.7 Å². The summed E-state index contributed by atoms with van der Waals surface area (Å²) in [7, 11) is 1.49. The second kappa shape index (κ2) is 7.86. The molecule has 1 aromatic heterocycles. The van der Waals surface area contributed by atoms with E-state index in [9.17, 15) is 14.0 Å². The molecule has 144 valence electrons. The number of nitrogens with zero attached hydrogens (tertiary/aromatic N) is 1. The highest BCUT2D eigenvalue weighted by Gasteiger charge is 2.23. The number of carbonyl (C=O) groups excluding carboxylic acids is 2. The lowest BCUT2D eigenvalue weighted by Gasteiger charge is -2.10. The summed E-state index contributed by atoms with van der Waals surface area (Å²) in [5.74, 6) is -1.33. The Bertz CT molecular complexity index is 1060. The van der Waals surface area contributed by atoms with Crippen molar-refractivity contribution in [1.29, 1.82) is 0 Å². The molecule has 1 amide bonds. The zero-order chi connectivity index (χ0) is 20.4. The highest BCUT2D eigenvalue weighted by atomic mass is 35.5. The number of benzene rings is 2. The maximum absolute atomic E-state index is 13.2. The van der Waals surface area contributed by atoms with Crippen molar-refractivity contribution >= 4 is 29.0 Å². The minimum atomic E-state index is -0.777. The summed E-state index contributed by atoms with van der Waals surface area (Å²) in [4.78, 5) is 25.1. The van der Waals surface area contributed by atoms with Crippen molar-refractivity contribution in [3.63, 3.8) is 0 Å². The van der Waals surface area contributed by atoms with Gasteiger partial charge in [-0.05, 0) is 62.4 Å². The lowest BCUT2D eigenvalue weighted by molar-refractivity contribution is -0.112. The van der Waals surface area contributed by atoms with Crippen molar-refractivity contribution in [3.05, 3.63) is 76.3 Å². The highest BCUT2D eigenvalue weighted by molar-refractivity contribution is 6.47. The molecule has 0 radical (unpaired) electrons. The van der Waals surface area contributed by atoms with E-state index in [1.807, 2.05) is 6.92 Å². The van der Waals surface area contributed by atoms with Crippen LogP contribution >= 0.6 is 11.6 Å². The van der Waals surface area contributed by atoms with E-state index in [0.717, 1.165) is 5.69 Å². The van der Waals surface area contributed by atoms with E-state index in [4.69, 9.17) is 16.3 Å². The number of amides is 1. The number of hydrogen-bond acceptors (Lipinski definition) is 3. The molecule has 1 N–H and O–H groups in total. The molecule has 0 spiro atoms. The average Bonchev–Trinajstić information content (AvgIpc) is 2.96. The van der Waals surface area contributed by atoms with E-state index in [0.29, 0.717) is 27.8 Å². The third kappa shape index (κ3) is 3.77. The first-order valence-corrected chi connectivity index (χ1v) is 8.83. The largest absolute Gasteiger partial charge is 0.495 e. The fourth-order valence-corrected chi connectivity index (χ4v) is 3.29. The summed E-state index contributed by atoms with van der Waals surface area (Å²) < 4.78 is 20.1. The first-order chi connectivity index (χ1) is 13.3. The van der Waals surface area contributed by atoms with Crippen LogP contribution in [0.3, 0.4) is 0 Å². The quantitative estimate of drug-likeness (QED) is 0.498. The summed E-state index contributed by atoms with van der Waals surface area (Å²) in [5, 5.41) is 2.87. The summed E-state index contributed by atoms with van der Waals surface area (Å²) in [6.07, 6.45) is 0. The van der Waals surface area contributed by atoms with E-state index in [-0.39, 0.29) is 11.4 Å². The van der Waals surface area contributed by atoms with Crippen LogP contribution in [0.15, 0.2) is 48.5 Å². The SMILES string of the molecule is COc1ccc(NC(=O)C(=O)c2cc(C)n(-c3ccc(F)cc3)c2C)cc1Cl. The number of ketones is 1. The Morgan fingerprint density at radius 1 is 1.07 bits per heavy atom. The molecule has 0 saturated heterocycles. The van der Waals surface area contributed by atoms with Crippen LogP contribution in [-0.2, 0) is 4.79 Å². The van der Waals surface area contributed by atoms with E-state index >= 15 is 0 Å². The van der Waals surface area contributed by atoms with Crippen LogP contribution in [0.4, 0.5) is 10.1 Å². The monoisotopic (exact) mass is 400 g/mol. The van der Waals surface area contributed by atoms with Gasteiger partial charge in [-0.15, -0.1) is 0 Å². The Morgan fingerprint density at radius 3 is 2.36 bits per heavy atom. The number of aryl methyl sites for hydroxylation is 1. The van der Waals surface area contributed by atoms with Crippen molar-refractivity contribution in [2.24, 2.45) is 0 Å². The summed E-state index contributed by atoms with van der Waals surface area (Å²) in [5.41, 5.74) is 2.72. The van der Waals surface area contributed by atoms with Crippen LogP contribution in [0.2, 0.25) is 5.02 Å². The molecule has 28 heavy (non-hydrogen) atoms. The second-order valence-corrected chi connectivity index (χ2v) is 6.64. The number of nitrogens with one attached hydrogen (secondary N) is 1. The van der Waals surface area contributed by atoms with Crippen molar-refractivity contribution in [2.45, 2.75) is 13.8 Å². The van der Waals surface area contributed by atoms with Gasteiger partial charge in [0.25, 0.3) is 11.7 Å². The van der Waals surface area contributed by atoms with Crippen LogP contribution in [-0.4, -0.2) is 23.4 Å². The Kier molecular flexibility index (Phi) is 5.51. The number of halogens is 2.